The third-order valence-electron chi connectivity index (χ3n) is 3.34. The molecule has 0 saturated carbocycles. The molecule has 0 bridgehead atoms. The lowest BCUT2D eigenvalue weighted by atomic mass is 10.2. The van der Waals surface area contributed by atoms with Crippen molar-refractivity contribution in [1.29, 1.82) is 0 Å². The van der Waals surface area contributed by atoms with Crippen molar-refractivity contribution >= 4 is 11.8 Å². The van der Waals surface area contributed by atoms with E-state index < -0.39 is 0 Å². The molecule has 2 rings (SSSR count). The monoisotopic (exact) mass is 273 g/mol. The second-order valence-corrected chi connectivity index (χ2v) is 4.81. The van der Waals surface area contributed by atoms with Gasteiger partial charge in [0.15, 0.2) is 5.96 Å². The van der Waals surface area contributed by atoms with Gasteiger partial charge in [0.25, 0.3) is 0 Å². The van der Waals surface area contributed by atoms with Crippen molar-refractivity contribution in [2.45, 2.75) is 19.4 Å². The third-order valence-corrected chi connectivity index (χ3v) is 3.34. The van der Waals surface area contributed by atoms with Gasteiger partial charge in [-0.25, -0.2) is 4.98 Å². The molecule has 0 unspecified atom stereocenters. The van der Waals surface area contributed by atoms with Gasteiger partial charge in [-0.05, 0) is 30.5 Å². The van der Waals surface area contributed by atoms with Crippen molar-refractivity contribution in [3.8, 4) is 0 Å². The molecule has 1 aliphatic heterocycles. The summed E-state index contributed by atoms with van der Waals surface area (Å²) >= 11 is 0. The summed E-state index contributed by atoms with van der Waals surface area (Å²) in [5.41, 5.74) is 1.21. The van der Waals surface area contributed by atoms with E-state index in [9.17, 15) is 0 Å². The summed E-state index contributed by atoms with van der Waals surface area (Å²) in [4.78, 5) is 11.0. The van der Waals surface area contributed by atoms with Crippen LogP contribution >= 0.6 is 0 Å². The fourth-order valence-electron chi connectivity index (χ4n) is 2.26. The zero-order valence-corrected chi connectivity index (χ0v) is 12.1. The van der Waals surface area contributed by atoms with Crippen LogP contribution < -0.4 is 15.5 Å². The topological polar surface area (TPSA) is 52.6 Å². The first kappa shape index (κ1) is 14.4. The van der Waals surface area contributed by atoms with Crippen LogP contribution in [0, 0.1) is 0 Å². The Bertz CT molecular complexity index is 463. The van der Waals surface area contributed by atoms with Gasteiger partial charge in [-0.2, -0.15) is 0 Å². The number of aliphatic imine (C=N–C) groups is 1. The standard InChI is InChI=1S/C15H23N5/c1-3-7-18-15(16-2)19-12-13-6-8-17-14(11-13)20-9-4-5-10-20/h3,6,8,11H,1,4-5,7,9-10,12H2,2H3,(H2,16,18,19). The van der Waals surface area contributed by atoms with Crippen LogP contribution in [0.5, 0.6) is 0 Å². The number of rotatable bonds is 5. The molecular weight excluding hydrogens is 250 g/mol. The summed E-state index contributed by atoms with van der Waals surface area (Å²) in [6.07, 6.45) is 6.22. The van der Waals surface area contributed by atoms with Gasteiger partial charge in [-0.15, -0.1) is 6.58 Å². The van der Waals surface area contributed by atoms with E-state index in [2.05, 4.69) is 38.2 Å². The number of aromatic nitrogens is 1. The van der Waals surface area contributed by atoms with Gasteiger partial charge in [-0.1, -0.05) is 6.08 Å². The normalized spacial score (nSPS) is 15.2. The maximum absolute atomic E-state index is 4.46. The molecule has 0 atom stereocenters. The molecule has 1 aromatic heterocycles. The highest BCUT2D eigenvalue weighted by Crippen LogP contribution is 2.18. The Morgan fingerprint density at radius 1 is 1.45 bits per heavy atom. The number of pyridine rings is 1. The fourth-order valence-corrected chi connectivity index (χ4v) is 2.26. The molecule has 1 aromatic rings. The Morgan fingerprint density at radius 2 is 2.25 bits per heavy atom. The SMILES string of the molecule is C=CCNC(=NC)NCc1ccnc(N2CCCC2)c1. The van der Waals surface area contributed by atoms with Gasteiger partial charge in [0.2, 0.25) is 0 Å². The second kappa shape index (κ2) is 7.53. The van der Waals surface area contributed by atoms with Gasteiger partial charge in [0.1, 0.15) is 5.82 Å². The summed E-state index contributed by atoms with van der Waals surface area (Å²) in [7, 11) is 1.76. The van der Waals surface area contributed by atoms with Crippen molar-refractivity contribution in [3.63, 3.8) is 0 Å². The van der Waals surface area contributed by atoms with Crippen molar-refractivity contribution < 1.29 is 0 Å². The summed E-state index contributed by atoms with van der Waals surface area (Å²) in [5, 5.41) is 6.44. The number of hydrogen-bond donors (Lipinski definition) is 2. The summed E-state index contributed by atoms with van der Waals surface area (Å²) in [6.45, 7) is 7.36. The van der Waals surface area contributed by atoms with E-state index in [1.54, 1.807) is 7.05 Å². The summed E-state index contributed by atoms with van der Waals surface area (Å²) in [6, 6.07) is 4.19. The molecular formula is C15H23N5. The first-order chi connectivity index (χ1) is 9.83. The molecule has 2 N–H and O–H groups in total. The minimum absolute atomic E-state index is 0.703. The summed E-state index contributed by atoms with van der Waals surface area (Å²) in [5.74, 6) is 1.86. The molecule has 0 radical (unpaired) electrons. The van der Waals surface area contributed by atoms with Crippen molar-refractivity contribution in [1.82, 2.24) is 15.6 Å². The molecule has 0 amide bonds. The molecule has 0 aromatic carbocycles. The average Bonchev–Trinajstić information content (AvgIpc) is 3.02. The molecule has 0 spiro atoms. The molecule has 108 valence electrons. The van der Waals surface area contributed by atoms with Crippen LogP contribution in [-0.4, -0.2) is 37.6 Å². The number of guanidine groups is 1. The zero-order chi connectivity index (χ0) is 14.2. The van der Waals surface area contributed by atoms with Gasteiger partial charge in [0, 0.05) is 39.4 Å². The first-order valence-electron chi connectivity index (χ1n) is 7.09. The van der Waals surface area contributed by atoms with E-state index in [4.69, 9.17) is 0 Å². The third kappa shape index (κ3) is 3.98. The van der Waals surface area contributed by atoms with E-state index in [1.807, 2.05) is 18.3 Å². The van der Waals surface area contributed by atoms with Gasteiger partial charge in [0.05, 0.1) is 0 Å². The van der Waals surface area contributed by atoms with Crippen molar-refractivity contribution in [3.05, 3.63) is 36.5 Å². The van der Waals surface area contributed by atoms with Gasteiger partial charge in [-0.3, -0.25) is 4.99 Å². The highest BCUT2D eigenvalue weighted by Gasteiger charge is 2.13. The summed E-state index contributed by atoms with van der Waals surface area (Å²) < 4.78 is 0. The molecule has 5 heteroatoms. The van der Waals surface area contributed by atoms with E-state index in [0.717, 1.165) is 31.4 Å². The molecule has 1 aliphatic rings. The Labute approximate surface area is 120 Å². The quantitative estimate of drug-likeness (QED) is 0.485. The molecule has 20 heavy (non-hydrogen) atoms. The van der Waals surface area contributed by atoms with Gasteiger partial charge < -0.3 is 15.5 Å². The largest absolute Gasteiger partial charge is 0.357 e. The predicted octanol–water partition coefficient (Wildman–Crippen LogP) is 1.53. The predicted molar refractivity (Wildman–Crippen MR) is 84.1 cm³/mol. The Balaban J connectivity index is 1.92. The maximum atomic E-state index is 4.46. The van der Waals surface area contributed by atoms with Crippen LogP contribution in [0.1, 0.15) is 18.4 Å². The lowest BCUT2D eigenvalue weighted by Crippen LogP contribution is -2.36. The highest BCUT2D eigenvalue weighted by atomic mass is 15.2. The number of nitrogens with one attached hydrogen (secondary N) is 2. The van der Waals surface area contributed by atoms with Crippen LogP contribution in [0.15, 0.2) is 36.0 Å². The molecule has 1 saturated heterocycles. The van der Waals surface area contributed by atoms with Crippen LogP contribution in [0.25, 0.3) is 0 Å². The lowest BCUT2D eigenvalue weighted by molar-refractivity contribution is 0.841. The minimum Gasteiger partial charge on any atom is -0.357 e. The Morgan fingerprint density at radius 3 is 2.95 bits per heavy atom. The van der Waals surface area contributed by atoms with Crippen molar-refractivity contribution in [2.24, 2.45) is 4.99 Å². The maximum Gasteiger partial charge on any atom is 0.191 e. The number of hydrogen-bond acceptors (Lipinski definition) is 3. The molecule has 2 heterocycles. The van der Waals surface area contributed by atoms with E-state index >= 15 is 0 Å². The van der Waals surface area contributed by atoms with Crippen LogP contribution in [0.2, 0.25) is 0 Å². The van der Waals surface area contributed by atoms with Crippen LogP contribution in [-0.2, 0) is 6.54 Å². The molecule has 0 aliphatic carbocycles. The second-order valence-electron chi connectivity index (χ2n) is 4.81. The Hall–Kier alpha value is -2.04. The average molecular weight is 273 g/mol. The number of anilines is 1. The highest BCUT2D eigenvalue weighted by molar-refractivity contribution is 5.79. The Kier molecular flexibility index (Phi) is 5.41. The van der Waals surface area contributed by atoms with E-state index in [0.29, 0.717) is 6.54 Å². The zero-order valence-electron chi connectivity index (χ0n) is 12.1. The molecule has 1 fully saturated rings. The number of nitrogens with zero attached hydrogens (tertiary/aromatic N) is 3. The molecule has 5 nitrogen and oxygen atoms in total. The van der Waals surface area contributed by atoms with E-state index in [-0.39, 0.29) is 0 Å². The van der Waals surface area contributed by atoms with Crippen LogP contribution in [0.3, 0.4) is 0 Å². The van der Waals surface area contributed by atoms with E-state index in [1.165, 1.54) is 18.4 Å². The minimum atomic E-state index is 0.703. The van der Waals surface area contributed by atoms with Gasteiger partial charge >= 0.3 is 0 Å². The smallest absolute Gasteiger partial charge is 0.191 e. The first-order valence-corrected chi connectivity index (χ1v) is 7.09. The van der Waals surface area contributed by atoms with Crippen LogP contribution in [0.4, 0.5) is 5.82 Å². The lowest BCUT2D eigenvalue weighted by Gasteiger charge is -2.17. The van der Waals surface area contributed by atoms with Crippen molar-refractivity contribution in [2.75, 3.05) is 31.6 Å². The fraction of sp³-hybridized carbons (Fsp3) is 0.467.